The Hall–Kier alpha value is -5.37. The van der Waals surface area contributed by atoms with Gasteiger partial charge in [0.05, 0.1) is 28.7 Å². The first-order valence-corrected chi connectivity index (χ1v) is 13.1. The smallest absolute Gasteiger partial charge is 0.227 e. The summed E-state index contributed by atoms with van der Waals surface area (Å²) in [6.45, 7) is 2.37. The molecule has 0 aliphatic heterocycles. The van der Waals surface area contributed by atoms with Crippen molar-refractivity contribution < 1.29 is 4.79 Å². The molecule has 0 aliphatic carbocycles. The number of hydrogen-bond donors (Lipinski definition) is 2. The van der Waals surface area contributed by atoms with Crippen LogP contribution in [-0.2, 0) is 17.8 Å². The zero-order chi connectivity index (χ0) is 27.1. The van der Waals surface area contributed by atoms with Crippen LogP contribution in [0.25, 0.3) is 50.0 Å². The highest BCUT2D eigenvalue weighted by Crippen LogP contribution is 2.34. The van der Waals surface area contributed by atoms with Crippen LogP contribution in [0.15, 0.2) is 97.2 Å². The van der Waals surface area contributed by atoms with Crippen LogP contribution in [0.3, 0.4) is 0 Å². The van der Waals surface area contributed by atoms with E-state index < -0.39 is 0 Å². The summed E-state index contributed by atoms with van der Waals surface area (Å²) >= 11 is 0. The molecule has 7 aromatic rings. The van der Waals surface area contributed by atoms with E-state index in [9.17, 15) is 4.79 Å². The zero-order valence-corrected chi connectivity index (χ0v) is 21.8. The second-order valence-electron chi connectivity index (χ2n) is 9.79. The monoisotopic (exact) mass is 523 g/mol. The average Bonchev–Trinajstić information content (AvgIpc) is 3.58. The molecule has 194 valence electrons. The number of aryl methyl sites for hydroxylation is 1. The van der Waals surface area contributed by atoms with E-state index in [1.54, 1.807) is 0 Å². The molecule has 0 unspecified atom stereocenters. The lowest BCUT2D eigenvalue weighted by Gasteiger charge is -2.13. The number of pyridine rings is 2. The number of aromatic amines is 1. The number of para-hydroxylation sites is 2. The van der Waals surface area contributed by atoms with Gasteiger partial charge in [0.1, 0.15) is 11.6 Å². The van der Waals surface area contributed by atoms with E-state index in [-0.39, 0.29) is 12.3 Å². The van der Waals surface area contributed by atoms with Crippen LogP contribution in [0.1, 0.15) is 17.2 Å². The topological polar surface area (TPSA) is 101 Å². The maximum absolute atomic E-state index is 12.6. The minimum Gasteiger partial charge on any atom is -0.352 e. The van der Waals surface area contributed by atoms with Gasteiger partial charge in [-0.3, -0.25) is 9.20 Å². The molecule has 0 spiro atoms. The molecule has 40 heavy (non-hydrogen) atoms. The van der Waals surface area contributed by atoms with Gasteiger partial charge in [-0.2, -0.15) is 0 Å². The molecule has 8 heteroatoms. The number of nitrogens with one attached hydrogen (secondary N) is 2. The Kier molecular flexibility index (Phi) is 5.78. The fourth-order valence-electron chi connectivity index (χ4n) is 5.05. The number of H-pyrrole nitrogens is 1. The fraction of sp³-hybridized carbons (Fsp3) is 0.0938. The van der Waals surface area contributed by atoms with E-state index in [1.165, 1.54) is 0 Å². The Balaban J connectivity index is 1.16. The highest BCUT2D eigenvalue weighted by atomic mass is 16.1. The lowest BCUT2D eigenvalue weighted by Crippen LogP contribution is -2.24. The molecule has 2 N–H and O–H groups in total. The van der Waals surface area contributed by atoms with Crippen LogP contribution in [0.5, 0.6) is 0 Å². The molecule has 3 aromatic carbocycles. The maximum atomic E-state index is 12.6. The van der Waals surface area contributed by atoms with Crippen LogP contribution < -0.4 is 5.32 Å². The molecule has 0 aliphatic rings. The van der Waals surface area contributed by atoms with Crippen molar-refractivity contribution in [1.82, 2.24) is 34.9 Å². The number of aromatic nitrogens is 6. The summed E-state index contributed by atoms with van der Waals surface area (Å²) in [6, 6.07) is 30.3. The Labute approximate surface area is 229 Å². The SMILES string of the molecule is Cc1nnc2c3cc(-c4ccccc4)c(-c4ccc(CNC(=O)Cc5nc6ccccc6[nH]5)cc4)nc3ccn12. The molecule has 4 aromatic heterocycles. The summed E-state index contributed by atoms with van der Waals surface area (Å²) in [5.41, 5.74) is 8.43. The van der Waals surface area contributed by atoms with Crippen molar-refractivity contribution in [2.75, 3.05) is 0 Å². The number of carbonyl (C=O) groups is 1. The molecule has 0 saturated carbocycles. The van der Waals surface area contributed by atoms with Gasteiger partial charge in [-0.05, 0) is 42.3 Å². The molecule has 0 atom stereocenters. The first kappa shape index (κ1) is 23.7. The van der Waals surface area contributed by atoms with Crippen LogP contribution in [0.2, 0.25) is 0 Å². The molecule has 4 heterocycles. The highest BCUT2D eigenvalue weighted by Gasteiger charge is 2.15. The number of nitrogens with zero attached hydrogens (tertiary/aromatic N) is 5. The average molecular weight is 524 g/mol. The number of rotatable bonds is 6. The molecule has 8 nitrogen and oxygen atoms in total. The van der Waals surface area contributed by atoms with Gasteiger partial charge in [-0.1, -0.05) is 66.7 Å². The quantitative estimate of drug-likeness (QED) is 0.293. The van der Waals surface area contributed by atoms with Gasteiger partial charge >= 0.3 is 0 Å². The fourth-order valence-corrected chi connectivity index (χ4v) is 5.05. The Morgan fingerprint density at radius 1 is 0.850 bits per heavy atom. The molecular formula is C32H25N7O. The lowest BCUT2D eigenvalue weighted by molar-refractivity contribution is -0.120. The third-order valence-electron chi connectivity index (χ3n) is 7.11. The van der Waals surface area contributed by atoms with Gasteiger partial charge < -0.3 is 10.3 Å². The van der Waals surface area contributed by atoms with Crippen LogP contribution >= 0.6 is 0 Å². The van der Waals surface area contributed by atoms with Crippen LogP contribution in [0, 0.1) is 6.92 Å². The van der Waals surface area contributed by atoms with Gasteiger partial charge in [-0.15, -0.1) is 10.2 Å². The Morgan fingerprint density at radius 2 is 1.65 bits per heavy atom. The van der Waals surface area contributed by atoms with E-state index in [4.69, 9.17) is 4.98 Å². The minimum absolute atomic E-state index is 0.0827. The normalized spacial score (nSPS) is 11.4. The largest absolute Gasteiger partial charge is 0.352 e. The van der Waals surface area contributed by atoms with Crippen molar-refractivity contribution >= 4 is 33.5 Å². The van der Waals surface area contributed by atoms with E-state index in [2.05, 4.69) is 55.8 Å². The molecule has 0 bridgehead atoms. The van der Waals surface area contributed by atoms with Crippen LogP contribution in [-0.4, -0.2) is 35.5 Å². The number of benzene rings is 3. The van der Waals surface area contributed by atoms with Crippen molar-refractivity contribution in [3.63, 3.8) is 0 Å². The molecular weight excluding hydrogens is 498 g/mol. The summed E-state index contributed by atoms with van der Waals surface area (Å²) in [6.07, 6.45) is 2.16. The van der Waals surface area contributed by atoms with E-state index in [1.807, 2.05) is 78.2 Å². The number of imidazole rings is 1. The van der Waals surface area contributed by atoms with Gasteiger partial charge in [-0.25, -0.2) is 9.97 Å². The third-order valence-corrected chi connectivity index (χ3v) is 7.11. The van der Waals surface area contributed by atoms with E-state index in [0.717, 1.165) is 61.4 Å². The maximum Gasteiger partial charge on any atom is 0.227 e. The summed E-state index contributed by atoms with van der Waals surface area (Å²) < 4.78 is 1.98. The summed E-state index contributed by atoms with van der Waals surface area (Å²) in [5, 5.41) is 12.6. The predicted octanol–water partition coefficient (Wildman–Crippen LogP) is 5.66. The Morgan fingerprint density at radius 3 is 2.48 bits per heavy atom. The molecule has 0 saturated heterocycles. The first-order chi connectivity index (χ1) is 19.6. The van der Waals surface area contributed by atoms with Crippen molar-refractivity contribution in [2.45, 2.75) is 19.9 Å². The van der Waals surface area contributed by atoms with Gasteiger partial charge in [0.25, 0.3) is 0 Å². The molecule has 0 radical (unpaired) electrons. The lowest BCUT2D eigenvalue weighted by atomic mass is 9.97. The van der Waals surface area contributed by atoms with Crippen molar-refractivity contribution in [3.05, 3.63) is 114 Å². The third kappa shape index (κ3) is 4.35. The second-order valence-corrected chi connectivity index (χ2v) is 9.79. The van der Waals surface area contributed by atoms with Gasteiger partial charge in [0.2, 0.25) is 5.91 Å². The molecule has 0 fully saturated rings. The van der Waals surface area contributed by atoms with Gasteiger partial charge in [0, 0.05) is 29.3 Å². The van der Waals surface area contributed by atoms with Crippen LogP contribution in [0.4, 0.5) is 0 Å². The van der Waals surface area contributed by atoms with Crippen molar-refractivity contribution in [1.29, 1.82) is 0 Å². The summed E-state index contributed by atoms with van der Waals surface area (Å²) in [4.78, 5) is 25.4. The molecule has 7 rings (SSSR count). The first-order valence-electron chi connectivity index (χ1n) is 13.1. The number of fused-ring (bicyclic) bond motifs is 4. The van der Waals surface area contributed by atoms with Crippen molar-refractivity contribution in [3.8, 4) is 22.4 Å². The number of carbonyl (C=O) groups excluding carboxylic acids is 1. The second kappa shape index (κ2) is 9.74. The van der Waals surface area contributed by atoms with E-state index in [0.29, 0.717) is 12.4 Å². The van der Waals surface area contributed by atoms with Crippen molar-refractivity contribution in [2.24, 2.45) is 0 Å². The predicted molar refractivity (Wildman–Crippen MR) is 156 cm³/mol. The standard InChI is InChI=1S/C32H25N7O/c1-20-37-38-32-25-17-24(22-7-3-2-4-8-22)31(36-26(25)15-16-39(20)32)23-13-11-21(12-14-23)19-33-30(40)18-29-34-27-9-5-6-10-28(27)35-29/h2-17H,18-19H2,1H3,(H,33,40)(H,34,35). The zero-order valence-electron chi connectivity index (χ0n) is 21.8. The summed E-state index contributed by atoms with van der Waals surface area (Å²) in [7, 11) is 0. The van der Waals surface area contributed by atoms with E-state index >= 15 is 0 Å². The number of hydrogen-bond acceptors (Lipinski definition) is 5. The Bertz CT molecular complexity index is 1970. The highest BCUT2D eigenvalue weighted by molar-refractivity contribution is 5.98. The number of amides is 1. The minimum atomic E-state index is -0.0827. The summed E-state index contributed by atoms with van der Waals surface area (Å²) in [5.74, 6) is 1.41. The van der Waals surface area contributed by atoms with Gasteiger partial charge in [0.15, 0.2) is 5.65 Å². The molecule has 1 amide bonds.